The van der Waals surface area contributed by atoms with Gasteiger partial charge in [-0.25, -0.2) is 0 Å². The number of hydrogen-bond donors (Lipinski definition) is 1. The van der Waals surface area contributed by atoms with E-state index in [1.54, 1.807) is 0 Å². The maximum Gasteiger partial charge on any atom is 0.244 e. The van der Waals surface area contributed by atoms with Gasteiger partial charge in [0.2, 0.25) is 5.91 Å². The van der Waals surface area contributed by atoms with Crippen LogP contribution in [-0.2, 0) is 9.53 Å². The lowest BCUT2D eigenvalue weighted by molar-refractivity contribution is -0.141. The molecule has 0 aromatic rings. The summed E-state index contributed by atoms with van der Waals surface area (Å²) in [6.07, 6.45) is 9.57. The summed E-state index contributed by atoms with van der Waals surface area (Å²) in [5, 5.41) is 3.74. The minimum absolute atomic E-state index is 0.0945. The molecule has 1 spiro atoms. The average molecular weight is 292 g/mol. The lowest BCUT2D eigenvalue weighted by Gasteiger charge is -2.43. The molecule has 0 aromatic heterocycles. The molecule has 21 heavy (non-hydrogen) atoms. The smallest absolute Gasteiger partial charge is 0.244 e. The van der Waals surface area contributed by atoms with Gasteiger partial charge in [0.15, 0.2) is 0 Å². The predicted molar refractivity (Wildman–Crippen MR) is 80.7 cm³/mol. The van der Waals surface area contributed by atoms with Crippen molar-refractivity contribution in [1.82, 2.24) is 10.2 Å². The average Bonchev–Trinajstić information content (AvgIpc) is 2.90. The van der Waals surface area contributed by atoms with Crippen molar-refractivity contribution in [3.8, 4) is 0 Å². The number of nitrogens with one attached hydrogen (secondary N) is 1. The number of hydrogen-bond acceptors (Lipinski definition) is 3. The van der Waals surface area contributed by atoms with Crippen LogP contribution in [0.1, 0.15) is 65.2 Å². The van der Waals surface area contributed by atoms with Crippen LogP contribution in [0.4, 0.5) is 0 Å². The zero-order valence-corrected chi connectivity index (χ0v) is 13.4. The van der Waals surface area contributed by atoms with Crippen LogP contribution in [0, 0.1) is 5.92 Å². The van der Waals surface area contributed by atoms with Crippen LogP contribution in [0.25, 0.3) is 0 Å². The first-order chi connectivity index (χ1) is 10.0. The molecule has 2 heterocycles. The summed E-state index contributed by atoms with van der Waals surface area (Å²) in [5.74, 6) is 1.06. The van der Waals surface area contributed by atoms with Gasteiger partial charge in [-0.15, -0.1) is 0 Å². The molecule has 1 N–H and O–H groups in total. The van der Waals surface area contributed by atoms with Crippen LogP contribution in [0.3, 0.4) is 0 Å². The van der Waals surface area contributed by atoms with E-state index in [4.69, 9.17) is 4.74 Å². The molecule has 2 aliphatic carbocycles. The van der Waals surface area contributed by atoms with Crippen molar-refractivity contribution < 1.29 is 9.53 Å². The molecule has 118 valence electrons. The Balaban J connectivity index is 1.58. The van der Waals surface area contributed by atoms with E-state index < -0.39 is 0 Å². The number of carbonyl (C=O) groups excluding carboxylic acids is 1. The Bertz CT molecular complexity index is 438. The Kier molecular flexibility index (Phi) is 3.13. The van der Waals surface area contributed by atoms with Gasteiger partial charge in [0.1, 0.15) is 0 Å². The quantitative estimate of drug-likeness (QED) is 0.850. The van der Waals surface area contributed by atoms with E-state index in [1.165, 1.54) is 25.7 Å². The number of ether oxygens (including phenoxy) is 1. The molecule has 2 saturated heterocycles. The molecular formula is C17H28N2O2. The summed E-state index contributed by atoms with van der Waals surface area (Å²) < 4.78 is 5.86. The van der Waals surface area contributed by atoms with E-state index in [0.29, 0.717) is 24.0 Å². The van der Waals surface area contributed by atoms with Gasteiger partial charge < -0.3 is 9.64 Å². The summed E-state index contributed by atoms with van der Waals surface area (Å²) in [6.45, 7) is 5.10. The first-order valence-corrected chi connectivity index (χ1v) is 8.75. The van der Waals surface area contributed by atoms with Crippen LogP contribution in [0.5, 0.6) is 0 Å². The Labute approximate surface area is 127 Å². The number of rotatable bonds is 2. The van der Waals surface area contributed by atoms with E-state index in [2.05, 4.69) is 24.1 Å². The minimum Gasteiger partial charge on any atom is -0.375 e. The zero-order valence-electron chi connectivity index (χ0n) is 13.4. The molecule has 0 aromatic carbocycles. The van der Waals surface area contributed by atoms with Gasteiger partial charge in [0, 0.05) is 12.6 Å². The van der Waals surface area contributed by atoms with Crippen LogP contribution >= 0.6 is 0 Å². The van der Waals surface area contributed by atoms with Crippen molar-refractivity contribution in [3.63, 3.8) is 0 Å². The number of nitrogens with zero attached hydrogens (tertiary/aromatic N) is 1. The predicted octanol–water partition coefficient (Wildman–Crippen LogP) is 2.42. The molecule has 2 unspecified atom stereocenters. The van der Waals surface area contributed by atoms with E-state index >= 15 is 0 Å². The van der Waals surface area contributed by atoms with Crippen molar-refractivity contribution in [2.75, 3.05) is 6.61 Å². The first-order valence-electron chi connectivity index (χ1n) is 8.75. The fraction of sp³-hybridized carbons (Fsp3) is 0.941. The molecule has 0 bridgehead atoms. The monoisotopic (exact) mass is 292 g/mol. The third-order valence-corrected chi connectivity index (χ3v) is 6.03. The standard InChI is InChI=1S/C17H28N2O2/c1-16(2)11-13(7-10-21-16)19-14(12-5-3-4-6-12)18-17(8-9-17)15(19)20/h12-14,18H,3-11H2,1-2H3. The molecule has 2 saturated carbocycles. The second-order valence-corrected chi connectivity index (χ2v) is 8.18. The second kappa shape index (κ2) is 4.69. The van der Waals surface area contributed by atoms with Crippen LogP contribution < -0.4 is 5.32 Å². The number of carbonyl (C=O) groups is 1. The third-order valence-electron chi connectivity index (χ3n) is 6.03. The maximum atomic E-state index is 13.0. The normalized spacial score (nSPS) is 38.4. The van der Waals surface area contributed by atoms with E-state index in [-0.39, 0.29) is 11.1 Å². The maximum absolute atomic E-state index is 13.0. The molecule has 4 aliphatic rings. The highest BCUT2D eigenvalue weighted by Gasteiger charge is 2.61. The van der Waals surface area contributed by atoms with Crippen molar-refractivity contribution >= 4 is 5.91 Å². The largest absolute Gasteiger partial charge is 0.375 e. The Morgan fingerprint density at radius 2 is 1.90 bits per heavy atom. The molecule has 4 rings (SSSR count). The lowest BCUT2D eigenvalue weighted by Crippen LogP contribution is -2.52. The van der Waals surface area contributed by atoms with Crippen LogP contribution in [-0.4, -0.2) is 40.8 Å². The molecular weight excluding hydrogens is 264 g/mol. The van der Waals surface area contributed by atoms with Crippen LogP contribution in [0.2, 0.25) is 0 Å². The Morgan fingerprint density at radius 3 is 2.52 bits per heavy atom. The molecule has 2 aliphatic heterocycles. The molecule has 4 fully saturated rings. The van der Waals surface area contributed by atoms with Gasteiger partial charge in [-0.2, -0.15) is 0 Å². The SMILES string of the molecule is CC1(C)CC(N2C(=O)C3(CC3)NC2C2CCCC2)CCO1. The highest BCUT2D eigenvalue weighted by molar-refractivity contribution is 5.92. The van der Waals surface area contributed by atoms with Gasteiger partial charge >= 0.3 is 0 Å². The van der Waals surface area contributed by atoms with Gasteiger partial charge in [-0.3, -0.25) is 10.1 Å². The van der Waals surface area contributed by atoms with Gasteiger partial charge in [0.25, 0.3) is 0 Å². The van der Waals surface area contributed by atoms with E-state index in [0.717, 1.165) is 32.3 Å². The summed E-state index contributed by atoms with van der Waals surface area (Å²) in [4.78, 5) is 15.2. The Hall–Kier alpha value is -0.610. The lowest BCUT2D eigenvalue weighted by atomic mass is 9.91. The fourth-order valence-corrected chi connectivity index (χ4v) is 4.72. The summed E-state index contributed by atoms with van der Waals surface area (Å²) in [5.41, 5.74) is -0.265. The zero-order chi connectivity index (χ0) is 14.7. The summed E-state index contributed by atoms with van der Waals surface area (Å²) in [6, 6.07) is 0.360. The Morgan fingerprint density at radius 1 is 1.19 bits per heavy atom. The van der Waals surface area contributed by atoms with E-state index in [1.807, 2.05) is 0 Å². The fourth-order valence-electron chi connectivity index (χ4n) is 4.72. The van der Waals surface area contributed by atoms with Crippen molar-refractivity contribution in [1.29, 1.82) is 0 Å². The molecule has 1 amide bonds. The summed E-state index contributed by atoms with van der Waals surface area (Å²) in [7, 11) is 0. The van der Waals surface area contributed by atoms with Gasteiger partial charge in [-0.05, 0) is 58.3 Å². The molecule has 0 radical (unpaired) electrons. The van der Waals surface area contributed by atoms with Gasteiger partial charge in [-0.1, -0.05) is 12.8 Å². The third kappa shape index (κ3) is 2.31. The highest BCUT2D eigenvalue weighted by Crippen LogP contribution is 2.47. The topological polar surface area (TPSA) is 41.6 Å². The summed E-state index contributed by atoms with van der Waals surface area (Å²) >= 11 is 0. The first kappa shape index (κ1) is 14.0. The van der Waals surface area contributed by atoms with Crippen molar-refractivity contribution in [3.05, 3.63) is 0 Å². The van der Waals surface area contributed by atoms with Crippen LogP contribution in [0.15, 0.2) is 0 Å². The number of amides is 1. The minimum atomic E-state index is -0.171. The van der Waals surface area contributed by atoms with Crippen molar-refractivity contribution in [2.45, 2.75) is 88.6 Å². The van der Waals surface area contributed by atoms with Gasteiger partial charge in [0.05, 0.1) is 17.3 Å². The second-order valence-electron chi connectivity index (χ2n) is 8.18. The molecule has 4 nitrogen and oxygen atoms in total. The highest BCUT2D eigenvalue weighted by atomic mass is 16.5. The van der Waals surface area contributed by atoms with E-state index in [9.17, 15) is 4.79 Å². The molecule has 4 heteroatoms. The molecule has 2 atom stereocenters. The van der Waals surface area contributed by atoms with Crippen molar-refractivity contribution in [2.24, 2.45) is 5.92 Å².